The number of hydrogen-bond donors (Lipinski definition) is 0. The molecule has 0 aliphatic heterocycles. The number of rotatable bonds is 12. The molecule has 0 N–H and O–H groups in total. The predicted molar refractivity (Wildman–Crippen MR) is 606 cm³/mol. The highest BCUT2D eigenvalue weighted by Gasteiger charge is 2.51. The van der Waals surface area contributed by atoms with Gasteiger partial charge in [0.1, 0.15) is 0 Å². The maximum atomic E-state index is 5.16. The van der Waals surface area contributed by atoms with Gasteiger partial charge in [-0.25, -0.2) is 44.9 Å². The molecule has 24 aromatic rings. The lowest BCUT2D eigenvalue weighted by molar-refractivity contribution is 0.299. The average molecular weight is 1900 g/mol. The van der Waals surface area contributed by atoms with Crippen LogP contribution in [0.4, 0.5) is 0 Å². The molecule has 6 aromatic heterocycles. The van der Waals surface area contributed by atoms with E-state index in [1.54, 1.807) is 0 Å². The summed E-state index contributed by atoms with van der Waals surface area (Å²) in [6, 6.07) is 154. The van der Waals surface area contributed by atoms with Gasteiger partial charge in [-0.05, 0) is 144 Å². The van der Waals surface area contributed by atoms with Crippen molar-refractivity contribution in [1.29, 1.82) is 0 Å². The Kier molecular flexibility index (Phi) is 21.7. The number of benzene rings is 18. The van der Waals surface area contributed by atoms with Crippen LogP contribution >= 0.6 is 0 Å². The Balaban J connectivity index is 0.000000115. The van der Waals surface area contributed by atoms with Crippen LogP contribution in [0.1, 0.15) is 116 Å². The molecule has 0 fully saturated rings. The molecular weight excluding hydrogens is 1790 g/mol. The number of aromatic nitrogens is 12. The third kappa shape index (κ3) is 14.7. The summed E-state index contributed by atoms with van der Waals surface area (Å²) >= 11 is 0. The number of nitrogens with zero attached hydrogens (tertiary/aromatic N) is 12. The Morgan fingerprint density at radius 3 is 0.918 bits per heavy atom. The lowest BCUT2D eigenvalue weighted by Gasteiger charge is -2.48. The largest absolute Gasteiger partial charge is 0.309 e. The van der Waals surface area contributed by atoms with Gasteiger partial charge < -0.3 is 13.7 Å². The van der Waals surface area contributed by atoms with Crippen molar-refractivity contribution in [3.05, 3.63) is 470 Å². The molecule has 0 spiro atoms. The lowest BCUT2D eigenvalue weighted by atomic mass is 9.55. The third-order valence-corrected chi connectivity index (χ3v) is 33.0. The van der Waals surface area contributed by atoms with Crippen molar-refractivity contribution in [2.24, 2.45) is 0 Å². The lowest BCUT2D eigenvalue weighted by Crippen LogP contribution is -2.43. The predicted octanol–water partition coefficient (Wildman–Crippen LogP) is 33.6. The molecule has 0 saturated carbocycles. The van der Waals surface area contributed by atoms with E-state index in [2.05, 4.69) is 376 Å². The Bertz CT molecular complexity index is 9160. The zero-order valence-electron chi connectivity index (χ0n) is 84.4. The fraction of sp³-hybridized carbons (Fsp3) is 0.133. The van der Waals surface area contributed by atoms with Gasteiger partial charge in [-0.1, -0.05) is 459 Å². The smallest absolute Gasteiger partial charge is 0.166 e. The van der Waals surface area contributed by atoms with Crippen molar-refractivity contribution in [3.8, 4) is 153 Å². The van der Waals surface area contributed by atoms with Crippen LogP contribution in [0, 0.1) is 0 Å². The normalized spacial score (nSPS) is 14.4. The highest BCUT2D eigenvalue weighted by molar-refractivity contribution is 6.17. The summed E-state index contributed by atoms with van der Waals surface area (Å²) in [6.45, 7) is 28.8. The zero-order valence-corrected chi connectivity index (χ0v) is 84.4. The van der Waals surface area contributed by atoms with E-state index in [0.29, 0.717) is 52.4 Å². The van der Waals surface area contributed by atoms with Crippen LogP contribution in [0.25, 0.3) is 218 Å². The van der Waals surface area contributed by atoms with Gasteiger partial charge in [0, 0.05) is 110 Å². The number of hydrogen-bond acceptors (Lipinski definition) is 9. The Hall–Kier alpha value is -17.6. The van der Waals surface area contributed by atoms with Crippen molar-refractivity contribution >= 4 is 65.4 Å². The third-order valence-electron chi connectivity index (χ3n) is 33.0. The first-order valence-corrected chi connectivity index (χ1v) is 50.9. The summed E-state index contributed by atoms with van der Waals surface area (Å²) in [7, 11) is 0. The van der Waals surface area contributed by atoms with E-state index in [9.17, 15) is 0 Å². The minimum Gasteiger partial charge on any atom is -0.309 e. The van der Waals surface area contributed by atoms with Crippen LogP contribution in [0.15, 0.2) is 437 Å². The first-order chi connectivity index (χ1) is 71.5. The standard InChI is InChI=1S/3C45H36N4/c1-44(2)35-24-14-11-22-33(35)39-36(45(44,3)4)28-27-32-31-21-12-15-25-37(31)49(40(32)39)38-26-16-13-23-34(38)43-47-41(29-17-7-5-8-18-29)46-42(48-43)30-19-9-6-10-20-30;1-44(2)36-24-13-11-22-33(36)34-26-27-38-39(40(34)45(44,3)4)35-23-12-14-25-37(35)49(38)32-21-15-20-31(28-32)43-47-41(29-16-7-5-8-17-29)46-42(48-43)30-18-9-6-10-19-30;1-44(2)37-24-13-11-22-33(37)35-26-27-36-34-23-12-14-25-38(34)49(40(36)39(35)45(44,3)4)32-21-15-20-31(28-32)43-47-41(29-16-7-5-8-17-29)46-42(48-43)30-18-9-6-10-19-30/h3*5-28H,1-4H3. The topological polar surface area (TPSA) is 131 Å². The quantitative estimate of drug-likeness (QED) is 0.117. The second kappa shape index (κ2) is 35.2. The minimum absolute atomic E-state index is 0.0639. The molecule has 18 aromatic carbocycles. The zero-order chi connectivity index (χ0) is 100.0. The summed E-state index contributed by atoms with van der Waals surface area (Å²) in [6.07, 6.45) is 0. The van der Waals surface area contributed by atoms with Crippen LogP contribution in [0.3, 0.4) is 0 Å². The maximum Gasteiger partial charge on any atom is 0.166 e. The molecule has 147 heavy (non-hydrogen) atoms. The van der Waals surface area contributed by atoms with Gasteiger partial charge in [-0.3, -0.25) is 0 Å². The fourth-order valence-corrected chi connectivity index (χ4v) is 23.5. The molecule has 0 saturated heterocycles. The van der Waals surface area contributed by atoms with E-state index in [1.807, 2.05) is 158 Å². The Morgan fingerprint density at radius 2 is 0.469 bits per heavy atom. The maximum absolute atomic E-state index is 5.16. The van der Waals surface area contributed by atoms with Gasteiger partial charge in [0.25, 0.3) is 0 Å². The Labute approximate surface area is 856 Å². The van der Waals surface area contributed by atoms with E-state index in [1.165, 1.54) is 127 Å². The monoisotopic (exact) mass is 1900 g/mol. The van der Waals surface area contributed by atoms with Gasteiger partial charge >= 0.3 is 0 Å². The van der Waals surface area contributed by atoms with E-state index < -0.39 is 0 Å². The number of fused-ring (bicyclic) bond motifs is 21. The van der Waals surface area contributed by atoms with Crippen LogP contribution in [-0.2, 0) is 32.5 Å². The summed E-state index contributed by atoms with van der Waals surface area (Å²) < 4.78 is 7.34. The van der Waals surface area contributed by atoms with Gasteiger partial charge in [0.15, 0.2) is 52.4 Å². The van der Waals surface area contributed by atoms with Crippen LogP contribution in [0.5, 0.6) is 0 Å². The molecular formula is C135H108N12. The van der Waals surface area contributed by atoms with Gasteiger partial charge in [-0.2, -0.15) is 0 Å². The first-order valence-electron chi connectivity index (χ1n) is 50.9. The van der Waals surface area contributed by atoms with Crippen LogP contribution in [-0.4, -0.2) is 58.6 Å². The van der Waals surface area contributed by atoms with Crippen LogP contribution in [0.2, 0.25) is 0 Å². The molecule has 708 valence electrons. The van der Waals surface area contributed by atoms with Crippen LogP contribution < -0.4 is 0 Å². The molecule has 0 atom stereocenters. The highest BCUT2D eigenvalue weighted by Crippen LogP contribution is 2.61. The fourth-order valence-electron chi connectivity index (χ4n) is 23.5. The van der Waals surface area contributed by atoms with Gasteiger partial charge in [0.2, 0.25) is 0 Å². The second-order valence-corrected chi connectivity index (χ2v) is 42.3. The molecule has 0 amide bonds. The summed E-state index contributed by atoms with van der Waals surface area (Å²) in [5.41, 5.74) is 34.5. The molecule has 0 radical (unpaired) electrons. The van der Waals surface area contributed by atoms with E-state index in [-0.39, 0.29) is 32.5 Å². The molecule has 0 bridgehead atoms. The van der Waals surface area contributed by atoms with Gasteiger partial charge in [0.05, 0.1) is 38.8 Å². The van der Waals surface area contributed by atoms with E-state index in [4.69, 9.17) is 44.9 Å². The summed E-state index contributed by atoms with van der Waals surface area (Å²) in [5, 5.41) is 7.56. The minimum atomic E-state index is -0.163. The molecule has 27 rings (SSSR count). The average Bonchev–Trinajstić information content (AvgIpc) is 1.55. The van der Waals surface area contributed by atoms with Crippen molar-refractivity contribution in [3.63, 3.8) is 0 Å². The van der Waals surface area contributed by atoms with E-state index >= 15 is 0 Å². The highest BCUT2D eigenvalue weighted by atomic mass is 15.1. The van der Waals surface area contributed by atoms with Crippen molar-refractivity contribution in [2.75, 3.05) is 0 Å². The molecule has 0 unspecified atom stereocenters. The molecule has 6 heterocycles. The Morgan fingerprint density at radius 1 is 0.170 bits per heavy atom. The second-order valence-electron chi connectivity index (χ2n) is 42.3. The summed E-state index contributed by atoms with van der Waals surface area (Å²) in [5.74, 6) is 5.85. The van der Waals surface area contributed by atoms with Gasteiger partial charge in [-0.15, -0.1) is 0 Å². The van der Waals surface area contributed by atoms with E-state index in [0.717, 1.165) is 72.6 Å². The van der Waals surface area contributed by atoms with Crippen molar-refractivity contribution in [2.45, 2.75) is 116 Å². The van der Waals surface area contributed by atoms with Crippen molar-refractivity contribution < 1.29 is 0 Å². The summed E-state index contributed by atoms with van der Waals surface area (Å²) in [4.78, 5) is 45.3. The van der Waals surface area contributed by atoms with Crippen molar-refractivity contribution in [1.82, 2.24) is 58.6 Å². The molecule has 3 aliphatic carbocycles. The number of para-hydroxylation sites is 4. The molecule has 12 heteroatoms. The molecule has 12 nitrogen and oxygen atoms in total. The molecule has 3 aliphatic rings. The SMILES string of the molecule is CC1(C)c2ccccc2-c2c(ccc3c4ccccc4n(-c4ccccc4-c4nc(-c5ccccc5)nc(-c5ccccc5)n4)c23)C1(C)C.CC1(C)c2ccccc2-c2ccc3c(c2C1(C)C)c1ccccc1n3-c1cccc(-c2nc(-c3ccccc3)nc(-c3ccccc3)n2)c1.CC1(C)c2ccccc2-c2ccc3c4ccccc4n(-c4cccc(-c5nc(-c6ccccc6)nc(-c6ccccc6)n5)c4)c3c2C1(C)C. The first kappa shape index (κ1) is 90.7.